The average molecular weight is 248 g/mol. The van der Waals surface area contributed by atoms with Gasteiger partial charge in [-0.15, -0.1) is 0 Å². The predicted octanol–water partition coefficient (Wildman–Crippen LogP) is 2.35. The van der Waals surface area contributed by atoms with E-state index >= 15 is 0 Å². The molecule has 0 bridgehead atoms. The fraction of sp³-hybridized carbons (Fsp3) is 0.615. The second-order valence-electron chi connectivity index (χ2n) is 5.02. The summed E-state index contributed by atoms with van der Waals surface area (Å²) in [5.41, 5.74) is 2.79. The maximum atomic E-state index is 4.71. The molecule has 90 valence electrons. The smallest absolute Gasteiger partial charge is 0.0875 e. The van der Waals surface area contributed by atoms with Crippen LogP contribution in [0.3, 0.4) is 0 Å². The summed E-state index contributed by atoms with van der Waals surface area (Å²) < 4.78 is 2.09. The van der Waals surface area contributed by atoms with Crippen LogP contribution in [0.4, 0.5) is 0 Å². The van der Waals surface area contributed by atoms with Gasteiger partial charge in [0.2, 0.25) is 0 Å². The zero-order chi connectivity index (χ0) is 11.8. The van der Waals surface area contributed by atoms with E-state index in [1.54, 1.807) is 11.3 Å². The van der Waals surface area contributed by atoms with Crippen LogP contribution in [0.1, 0.15) is 43.0 Å². The monoisotopic (exact) mass is 248 g/mol. The van der Waals surface area contributed by atoms with Crippen LogP contribution >= 0.6 is 11.3 Å². The van der Waals surface area contributed by atoms with E-state index in [0.29, 0.717) is 0 Å². The number of rotatable bonds is 2. The molecule has 3 rings (SSSR count). The Morgan fingerprint density at radius 1 is 1.53 bits per heavy atom. The van der Waals surface area contributed by atoms with Crippen molar-refractivity contribution in [1.29, 1.82) is 0 Å². The minimum atomic E-state index is 0.788. The lowest BCUT2D eigenvalue weighted by Gasteiger charge is -2.16. The van der Waals surface area contributed by atoms with E-state index in [-0.39, 0.29) is 0 Å². The molecule has 0 radical (unpaired) electrons. The van der Waals surface area contributed by atoms with Crippen molar-refractivity contribution in [3.8, 4) is 0 Å². The third-order valence-electron chi connectivity index (χ3n) is 3.47. The minimum Gasteiger partial charge on any atom is -0.0875 e. The van der Waals surface area contributed by atoms with Crippen molar-refractivity contribution in [3.05, 3.63) is 22.5 Å². The normalized spacial score (nSPS) is 19.5. The lowest BCUT2D eigenvalue weighted by atomic mass is 9.89. The van der Waals surface area contributed by atoms with Crippen LogP contribution in [-0.4, -0.2) is 10.1 Å². The number of hydrogen-bond donors (Lipinski definition) is 0. The van der Waals surface area contributed by atoms with Crippen LogP contribution < -0.4 is 4.52 Å². The van der Waals surface area contributed by atoms with Gasteiger partial charge in [-0.1, -0.05) is 23.5 Å². The molecule has 2 heterocycles. The van der Waals surface area contributed by atoms with Crippen molar-refractivity contribution >= 4 is 16.3 Å². The molecule has 0 fully saturated rings. The highest BCUT2D eigenvalue weighted by Gasteiger charge is 2.25. The van der Waals surface area contributed by atoms with Crippen LogP contribution in [0, 0.1) is 5.92 Å². The molecule has 3 nitrogen and oxygen atoms in total. The highest BCUT2D eigenvalue weighted by molar-refractivity contribution is 7.16. The summed E-state index contributed by atoms with van der Waals surface area (Å²) in [7, 11) is 0. The zero-order valence-electron chi connectivity index (χ0n) is 10.4. The molecule has 0 unspecified atom stereocenters. The van der Waals surface area contributed by atoms with E-state index in [1.807, 2.05) is 0 Å². The van der Waals surface area contributed by atoms with E-state index in [4.69, 9.17) is 5.10 Å². The lowest BCUT2D eigenvalue weighted by Crippen LogP contribution is -2.34. The molecule has 0 saturated heterocycles. The second-order valence-corrected chi connectivity index (χ2v) is 6.06. The zero-order valence-corrected chi connectivity index (χ0v) is 11.3. The third kappa shape index (κ3) is 1.95. The molecule has 4 heteroatoms. The molecular formula is C13H18N3S+. The summed E-state index contributed by atoms with van der Waals surface area (Å²) in [6, 6.07) is 0. The molecule has 0 N–H and O–H groups in total. The Morgan fingerprint density at radius 3 is 3.24 bits per heavy atom. The summed E-state index contributed by atoms with van der Waals surface area (Å²) in [6.07, 6.45) is 7.87. The maximum absolute atomic E-state index is 4.71. The third-order valence-corrected chi connectivity index (χ3v) is 4.45. The van der Waals surface area contributed by atoms with Gasteiger partial charge >= 0.3 is 4.96 Å². The van der Waals surface area contributed by atoms with Crippen LogP contribution in [0.25, 0.3) is 4.96 Å². The average Bonchev–Trinajstić information content (AvgIpc) is 2.72. The van der Waals surface area contributed by atoms with Gasteiger partial charge in [0.25, 0.3) is 0 Å². The standard InChI is InChI=1S/C13H18N3S/c1-3-4-12-15-16-11-6-5-9(2)7-10(11)8-14-13(16)17-12/h8-9H,3-7H2,1-2H3/q+1/t9-/m1/s1. The summed E-state index contributed by atoms with van der Waals surface area (Å²) in [6.45, 7) is 4.52. The summed E-state index contributed by atoms with van der Waals surface area (Å²) >= 11 is 1.74. The number of nitrogens with zero attached hydrogens (tertiary/aromatic N) is 3. The van der Waals surface area contributed by atoms with Gasteiger partial charge in [-0.05, 0) is 41.5 Å². The predicted molar refractivity (Wildman–Crippen MR) is 68.3 cm³/mol. The van der Waals surface area contributed by atoms with Gasteiger partial charge in [0.15, 0.2) is 0 Å². The first-order chi connectivity index (χ1) is 8.28. The number of aromatic nitrogens is 3. The Balaban J connectivity index is 2.10. The SMILES string of the molecule is CCCc1n[n+]2c3c(cnc2s1)C[C@H](C)CC3. The van der Waals surface area contributed by atoms with Gasteiger partial charge in [-0.2, -0.15) is 0 Å². The Bertz CT molecular complexity index is 547. The number of aryl methyl sites for hydroxylation is 2. The highest BCUT2D eigenvalue weighted by atomic mass is 32.1. The van der Waals surface area contributed by atoms with Gasteiger partial charge in [0, 0.05) is 18.4 Å². The molecule has 0 spiro atoms. The molecule has 1 atom stereocenters. The Hall–Kier alpha value is -1.03. The van der Waals surface area contributed by atoms with Crippen molar-refractivity contribution in [2.24, 2.45) is 5.92 Å². The van der Waals surface area contributed by atoms with E-state index in [0.717, 1.165) is 36.6 Å². The summed E-state index contributed by atoms with van der Waals surface area (Å²) in [5, 5.41) is 5.93. The first kappa shape index (κ1) is 11.1. The van der Waals surface area contributed by atoms with E-state index < -0.39 is 0 Å². The van der Waals surface area contributed by atoms with Crippen LogP contribution in [0.15, 0.2) is 6.20 Å². The van der Waals surface area contributed by atoms with Crippen molar-refractivity contribution in [1.82, 2.24) is 10.1 Å². The minimum absolute atomic E-state index is 0.788. The fourth-order valence-electron chi connectivity index (χ4n) is 2.54. The van der Waals surface area contributed by atoms with Gasteiger partial charge in [0.05, 0.1) is 0 Å². The van der Waals surface area contributed by atoms with Gasteiger partial charge in [-0.25, -0.2) is 0 Å². The molecule has 1 aliphatic carbocycles. The van der Waals surface area contributed by atoms with Gasteiger partial charge in [0.1, 0.15) is 16.9 Å². The Labute approximate surface area is 106 Å². The topological polar surface area (TPSA) is 29.9 Å². The molecular weight excluding hydrogens is 230 g/mol. The molecule has 1 aliphatic rings. The van der Waals surface area contributed by atoms with E-state index in [2.05, 4.69) is 29.5 Å². The van der Waals surface area contributed by atoms with Gasteiger partial charge in [-0.3, -0.25) is 0 Å². The molecule has 0 amide bonds. The first-order valence-corrected chi connectivity index (χ1v) is 7.28. The Kier molecular flexibility index (Phi) is 2.82. The summed E-state index contributed by atoms with van der Waals surface area (Å²) in [4.78, 5) is 5.61. The molecule has 2 aromatic rings. The van der Waals surface area contributed by atoms with E-state index in [1.165, 1.54) is 22.7 Å². The van der Waals surface area contributed by atoms with Crippen LogP contribution in [-0.2, 0) is 19.3 Å². The maximum Gasteiger partial charge on any atom is 0.409 e. The highest BCUT2D eigenvalue weighted by Crippen LogP contribution is 2.23. The number of hydrogen-bond acceptors (Lipinski definition) is 3. The van der Waals surface area contributed by atoms with Crippen LogP contribution in [0.2, 0.25) is 0 Å². The molecule has 0 aromatic carbocycles. The Morgan fingerprint density at radius 2 is 2.41 bits per heavy atom. The quantitative estimate of drug-likeness (QED) is 0.764. The summed E-state index contributed by atoms with van der Waals surface area (Å²) in [5.74, 6) is 0.788. The van der Waals surface area contributed by atoms with E-state index in [9.17, 15) is 0 Å². The molecule has 0 aliphatic heterocycles. The van der Waals surface area contributed by atoms with Crippen LogP contribution in [0.5, 0.6) is 0 Å². The number of fused-ring (bicyclic) bond motifs is 3. The van der Waals surface area contributed by atoms with Gasteiger partial charge < -0.3 is 0 Å². The first-order valence-electron chi connectivity index (χ1n) is 6.46. The lowest BCUT2D eigenvalue weighted by molar-refractivity contribution is -0.588. The largest absolute Gasteiger partial charge is 0.409 e. The van der Waals surface area contributed by atoms with Crippen molar-refractivity contribution in [3.63, 3.8) is 0 Å². The molecule has 17 heavy (non-hydrogen) atoms. The van der Waals surface area contributed by atoms with Crippen molar-refractivity contribution < 1.29 is 4.52 Å². The fourth-order valence-corrected chi connectivity index (χ4v) is 3.52. The van der Waals surface area contributed by atoms with Crippen molar-refractivity contribution in [2.75, 3.05) is 0 Å². The second kappa shape index (κ2) is 4.33. The van der Waals surface area contributed by atoms with Crippen molar-refractivity contribution in [2.45, 2.75) is 46.0 Å². The molecule has 0 saturated carbocycles. The molecule has 2 aromatic heterocycles.